The van der Waals surface area contributed by atoms with E-state index >= 15 is 0 Å². The number of primary amides is 1. The first-order valence-corrected chi connectivity index (χ1v) is 8.28. The number of nitrogens with two attached hydrogens (primary N) is 1. The summed E-state index contributed by atoms with van der Waals surface area (Å²) in [5, 5.41) is 4.46. The van der Waals surface area contributed by atoms with Crippen molar-refractivity contribution in [3.05, 3.63) is 71.7 Å². The Morgan fingerprint density at radius 1 is 1.11 bits per heavy atom. The van der Waals surface area contributed by atoms with Gasteiger partial charge in [-0.1, -0.05) is 29.8 Å². The molecular formula is C20H18FN3O3. The fourth-order valence-corrected chi connectivity index (χ4v) is 2.46. The van der Waals surface area contributed by atoms with Crippen molar-refractivity contribution >= 4 is 11.9 Å². The van der Waals surface area contributed by atoms with E-state index in [1.807, 2.05) is 31.2 Å². The van der Waals surface area contributed by atoms with Crippen molar-refractivity contribution in [1.82, 2.24) is 9.78 Å². The molecular weight excluding hydrogens is 349 g/mol. The number of esters is 1. The largest absolute Gasteiger partial charge is 0.449 e. The van der Waals surface area contributed by atoms with E-state index in [0.29, 0.717) is 16.9 Å². The molecule has 27 heavy (non-hydrogen) atoms. The second-order valence-corrected chi connectivity index (χ2v) is 6.13. The first-order chi connectivity index (χ1) is 12.8. The van der Waals surface area contributed by atoms with Crippen LogP contribution in [0.3, 0.4) is 0 Å². The summed E-state index contributed by atoms with van der Waals surface area (Å²) in [7, 11) is 0. The van der Waals surface area contributed by atoms with Gasteiger partial charge in [0.2, 0.25) is 0 Å². The molecule has 1 amide bonds. The van der Waals surface area contributed by atoms with Gasteiger partial charge in [-0.15, -0.1) is 0 Å². The lowest BCUT2D eigenvalue weighted by molar-refractivity contribution is -0.125. The molecule has 6 nitrogen and oxygen atoms in total. The molecule has 0 aliphatic rings. The number of aryl methyl sites for hydroxylation is 1. The predicted octanol–water partition coefficient (Wildman–Crippen LogP) is 3.02. The summed E-state index contributed by atoms with van der Waals surface area (Å²) in [4.78, 5) is 23.8. The lowest BCUT2D eigenvalue weighted by Gasteiger charge is -2.09. The number of rotatable bonds is 5. The van der Waals surface area contributed by atoms with E-state index in [-0.39, 0.29) is 11.4 Å². The quantitative estimate of drug-likeness (QED) is 0.702. The van der Waals surface area contributed by atoms with E-state index in [1.54, 1.807) is 12.1 Å². The van der Waals surface area contributed by atoms with Crippen LogP contribution in [0.25, 0.3) is 16.9 Å². The van der Waals surface area contributed by atoms with Crippen molar-refractivity contribution in [3.63, 3.8) is 0 Å². The topological polar surface area (TPSA) is 87.2 Å². The monoisotopic (exact) mass is 367 g/mol. The van der Waals surface area contributed by atoms with E-state index in [9.17, 15) is 14.0 Å². The molecule has 7 heteroatoms. The summed E-state index contributed by atoms with van der Waals surface area (Å²) < 4.78 is 19.8. The maximum atomic E-state index is 13.2. The molecule has 0 unspecified atom stereocenters. The van der Waals surface area contributed by atoms with E-state index in [0.717, 1.165) is 5.56 Å². The molecule has 0 radical (unpaired) electrons. The molecule has 1 heterocycles. The van der Waals surface area contributed by atoms with Gasteiger partial charge in [-0.3, -0.25) is 4.79 Å². The van der Waals surface area contributed by atoms with Crippen LogP contribution in [0.15, 0.2) is 54.7 Å². The number of aromatic nitrogens is 2. The number of ether oxygens (including phenoxy) is 1. The molecule has 0 saturated heterocycles. The third-order valence-electron chi connectivity index (χ3n) is 4.03. The molecule has 1 atom stereocenters. The summed E-state index contributed by atoms with van der Waals surface area (Å²) >= 11 is 0. The van der Waals surface area contributed by atoms with Crippen molar-refractivity contribution < 1.29 is 18.7 Å². The summed E-state index contributed by atoms with van der Waals surface area (Å²) in [5.74, 6) is -1.84. The lowest BCUT2D eigenvalue weighted by atomic mass is 10.1. The first kappa shape index (κ1) is 18.3. The number of benzene rings is 2. The minimum atomic E-state index is -1.07. The van der Waals surface area contributed by atoms with Crippen LogP contribution in [-0.2, 0) is 9.53 Å². The average Bonchev–Trinajstić information content (AvgIpc) is 3.08. The smallest absolute Gasteiger partial charge is 0.342 e. The van der Waals surface area contributed by atoms with Gasteiger partial charge in [0.25, 0.3) is 5.91 Å². The lowest BCUT2D eigenvalue weighted by Crippen LogP contribution is -2.30. The van der Waals surface area contributed by atoms with E-state index < -0.39 is 18.0 Å². The highest BCUT2D eigenvalue weighted by Gasteiger charge is 2.23. The van der Waals surface area contributed by atoms with Gasteiger partial charge in [-0.2, -0.15) is 5.10 Å². The Morgan fingerprint density at radius 2 is 1.74 bits per heavy atom. The highest BCUT2D eigenvalue weighted by molar-refractivity contribution is 5.97. The molecule has 3 rings (SSSR count). The Labute approximate surface area is 155 Å². The van der Waals surface area contributed by atoms with Gasteiger partial charge in [0, 0.05) is 11.8 Å². The van der Waals surface area contributed by atoms with Crippen molar-refractivity contribution in [2.24, 2.45) is 5.73 Å². The molecule has 0 saturated carbocycles. The van der Waals surface area contributed by atoms with E-state index in [1.165, 1.54) is 29.9 Å². The molecule has 1 aromatic heterocycles. The van der Waals surface area contributed by atoms with E-state index in [4.69, 9.17) is 10.5 Å². The average molecular weight is 367 g/mol. The maximum absolute atomic E-state index is 13.2. The van der Waals surface area contributed by atoms with Crippen LogP contribution in [0.2, 0.25) is 0 Å². The molecule has 0 aliphatic heterocycles. The van der Waals surface area contributed by atoms with Gasteiger partial charge in [-0.25, -0.2) is 13.9 Å². The van der Waals surface area contributed by atoms with Crippen LogP contribution in [0, 0.1) is 12.7 Å². The van der Waals surface area contributed by atoms with Crippen LogP contribution >= 0.6 is 0 Å². The predicted molar refractivity (Wildman–Crippen MR) is 97.8 cm³/mol. The number of hydrogen-bond acceptors (Lipinski definition) is 4. The third-order valence-corrected chi connectivity index (χ3v) is 4.03. The van der Waals surface area contributed by atoms with Crippen molar-refractivity contribution in [3.8, 4) is 16.9 Å². The molecule has 2 N–H and O–H groups in total. The number of halogens is 1. The number of amides is 1. The van der Waals surface area contributed by atoms with Crippen LogP contribution in [0.1, 0.15) is 22.8 Å². The zero-order chi connectivity index (χ0) is 19.6. The zero-order valence-corrected chi connectivity index (χ0v) is 14.8. The Bertz CT molecular complexity index is 979. The van der Waals surface area contributed by atoms with Gasteiger partial charge < -0.3 is 10.5 Å². The van der Waals surface area contributed by atoms with Crippen LogP contribution in [-0.4, -0.2) is 27.8 Å². The fraction of sp³-hybridized carbons (Fsp3) is 0.150. The van der Waals surface area contributed by atoms with Crippen molar-refractivity contribution in [2.45, 2.75) is 20.0 Å². The Kier molecular flexibility index (Phi) is 5.03. The second kappa shape index (κ2) is 7.41. The molecule has 0 aliphatic carbocycles. The summed E-state index contributed by atoms with van der Waals surface area (Å²) in [6, 6.07) is 13.2. The minimum Gasteiger partial charge on any atom is -0.449 e. The number of nitrogens with zero attached hydrogens (tertiary/aromatic N) is 2. The first-order valence-electron chi connectivity index (χ1n) is 8.28. The molecule has 138 valence electrons. The Morgan fingerprint density at radius 3 is 2.33 bits per heavy atom. The SMILES string of the molecule is Cc1ccc(-c2nn(-c3ccc(F)cc3)cc2C(=O)O[C@H](C)C(N)=O)cc1. The number of carbonyl (C=O) groups is 2. The highest BCUT2D eigenvalue weighted by atomic mass is 19.1. The van der Waals surface area contributed by atoms with Crippen molar-refractivity contribution in [2.75, 3.05) is 0 Å². The van der Waals surface area contributed by atoms with Gasteiger partial charge in [0.15, 0.2) is 6.10 Å². The number of carbonyl (C=O) groups excluding carboxylic acids is 2. The molecule has 2 aromatic carbocycles. The van der Waals surface area contributed by atoms with Gasteiger partial charge >= 0.3 is 5.97 Å². The normalized spacial score (nSPS) is 11.8. The summed E-state index contributed by atoms with van der Waals surface area (Å²) in [6.45, 7) is 3.35. The van der Waals surface area contributed by atoms with Gasteiger partial charge in [0.1, 0.15) is 17.1 Å². The molecule has 0 spiro atoms. The zero-order valence-electron chi connectivity index (χ0n) is 14.8. The summed E-state index contributed by atoms with van der Waals surface area (Å²) in [5.41, 5.74) is 8.08. The van der Waals surface area contributed by atoms with Crippen LogP contribution < -0.4 is 5.73 Å². The third kappa shape index (κ3) is 4.03. The van der Waals surface area contributed by atoms with Gasteiger partial charge in [-0.05, 0) is 38.1 Å². The van der Waals surface area contributed by atoms with Crippen LogP contribution in [0.4, 0.5) is 4.39 Å². The van der Waals surface area contributed by atoms with E-state index in [2.05, 4.69) is 5.10 Å². The Hall–Kier alpha value is -3.48. The molecule has 0 bridgehead atoms. The maximum Gasteiger partial charge on any atom is 0.342 e. The van der Waals surface area contributed by atoms with Crippen molar-refractivity contribution in [1.29, 1.82) is 0 Å². The van der Waals surface area contributed by atoms with Crippen LogP contribution in [0.5, 0.6) is 0 Å². The molecule has 3 aromatic rings. The second-order valence-electron chi connectivity index (χ2n) is 6.13. The van der Waals surface area contributed by atoms with Gasteiger partial charge in [0.05, 0.1) is 5.69 Å². The number of hydrogen-bond donors (Lipinski definition) is 1. The molecule has 0 fully saturated rings. The Balaban J connectivity index is 2.06. The minimum absolute atomic E-state index is 0.177. The highest BCUT2D eigenvalue weighted by Crippen LogP contribution is 2.25. The fourth-order valence-electron chi connectivity index (χ4n) is 2.46. The summed E-state index contributed by atoms with van der Waals surface area (Å²) in [6.07, 6.45) is 0.413. The standard InChI is InChI=1S/C20H18FN3O3/c1-12-3-5-14(6-4-12)18-17(20(26)27-13(2)19(22)25)11-24(23-18)16-9-7-15(21)8-10-16/h3-11,13H,1-2H3,(H2,22,25)/t13-/m1/s1.